The zero-order valence-electron chi connectivity index (χ0n) is 10.6. The van der Waals surface area contributed by atoms with Crippen LogP contribution in [-0.4, -0.2) is 4.98 Å². The van der Waals surface area contributed by atoms with E-state index in [1.165, 1.54) is 20.5 Å². The van der Waals surface area contributed by atoms with Crippen LogP contribution in [0.5, 0.6) is 0 Å². The van der Waals surface area contributed by atoms with Crippen molar-refractivity contribution in [2.45, 2.75) is 6.42 Å². The first-order valence-corrected chi connectivity index (χ1v) is 7.97. The van der Waals surface area contributed by atoms with Gasteiger partial charge in [-0.3, -0.25) is 0 Å². The first kappa shape index (κ1) is 12.1. The van der Waals surface area contributed by atoms with Gasteiger partial charge in [0.25, 0.3) is 0 Å². The molecule has 0 amide bonds. The number of hydrogen-bond donors (Lipinski definition) is 1. The third kappa shape index (κ3) is 1.79. The van der Waals surface area contributed by atoms with E-state index in [0.29, 0.717) is 0 Å². The minimum atomic E-state index is 0.779. The van der Waals surface area contributed by atoms with Crippen molar-refractivity contribution in [3.8, 4) is 21.8 Å². The summed E-state index contributed by atoms with van der Waals surface area (Å²) in [6.45, 7) is 0. The van der Waals surface area contributed by atoms with Crippen molar-refractivity contribution in [2.75, 3.05) is 5.73 Å². The van der Waals surface area contributed by atoms with Gasteiger partial charge in [-0.05, 0) is 23.8 Å². The fourth-order valence-electron chi connectivity index (χ4n) is 2.60. The molecule has 98 valence electrons. The fourth-order valence-corrected chi connectivity index (χ4v) is 4.19. The maximum atomic E-state index is 5.85. The molecule has 3 aromatic rings. The van der Waals surface area contributed by atoms with Crippen molar-refractivity contribution in [1.29, 1.82) is 0 Å². The third-order valence-electron chi connectivity index (χ3n) is 3.54. The van der Waals surface area contributed by atoms with Crippen LogP contribution in [0, 0.1) is 0 Å². The lowest BCUT2D eigenvalue weighted by molar-refractivity contribution is 1.29. The predicted molar refractivity (Wildman–Crippen MR) is 87.9 cm³/mol. The second-order valence-corrected chi connectivity index (χ2v) is 6.80. The Hall–Kier alpha value is -1.65. The lowest BCUT2D eigenvalue weighted by atomic mass is 10.1. The molecule has 1 heterocycles. The highest BCUT2D eigenvalue weighted by atomic mass is 79.9. The third-order valence-corrected chi connectivity index (χ3v) is 5.39. The van der Waals surface area contributed by atoms with E-state index >= 15 is 0 Å². The van der Waals surface area contributed by atoms with Crippen LogP contribution in [0.25, 0.3) is 21.8 Å². The molecule has 0 saturated heterocycles. The van der Waals surface area contributed by atoms with Crippen LogP contribution in [0.3, 0.4) is 0 Å². The lowest BCUT2D eigenvalue weighted by Crippen LogP contribution is -1.86. The van der Waals surface area contributed by atoms with E-state index in [2.05, 4.69) is 40.2 Å². The average molecular weight is 343 g/mol. The highest BCUT2D eigenvalue weighted by Crippen LogP contribution is 2.44. The van der Waals surface area contributed by atoms with Crippen LogP contribution in [0.15, 0.2) is 46.9 Å². The van der Waals surface area contributed by atoms with E-state index in [0.717, 1.165) is 28.4 Å². The van der Waals surface area contributed by atoms with Crippen LogP contribution in [0.1, 0.15) is 10.4 Å². The number of aromatic nitrogens is 1. The summed E-state index contributed by atoms with van der Waals surface area (Å²) < 4.78 is 1.17. The number of hydrogen-bond acceptors (Lipinski definition) is 3. The molecule has 0 atom stereocenters. The zero-order valence-corrected chi connectivity index (χ0v) is 13.0. The molecule has 0 radical (unpaired) electrons. The van der Waals surface area contributed by atoms with E-state index < -0.39 is 0 Å². The van der Waals surface area contributed by atoms with Gasteiger partial charge in [0.05, 0.1) is 5.69 Å². The van der Waals surface area contributed by atoms with E-state index in [1.54, 1.807) is 11.3 Å². The molecule has 1 aliphatic carbocycles. The van der Waals surface area contributed by atoms with Gasteiger partial charge in [0, 0.05) is 32.6 Å². The second kappa shape index (κ2) is 4.43. The molecule has 4 rings (SSSR count). The SMILES string of the molecule is Nc1cccc(-c2nc3c(s2)Cc2c(Br)cccc2-3)c1. The van der Waals surface area contributed by atoms with E-state index in [-0.39, 0.29) is 0 Å². The van der Waals surface area contributed by atoms with Crippen molar-refractivity contribution in [3.63, 3.8) is 0 Å². The Morgan fingerprint density at radius 1 is 1.15 bits per heavy atom. The van der Waals surface area contributed by atoms with Crippen molar-refractivity contribution in [3.05, 3.63) is 57.4 Å². The first-order chi connectivity index (χ1) is 9.72. The topological polar surface area (TPSA) is 38.9 Å². The van der Waals surface area contributed by atoms with E-state index in [9.17, 15) is 0 Å². The van der Waals surface area contributed by atoms with Crippen LogP contribution in [0.2, 0.25) is 0 Å². The normalized spacial score (nSPS) is 12.2. The van der Waals surface area contributed by atoms with Gasteiger partial charge in [0.2, 0.25) is 0 Å². The van der Waals surface area contributed by atoms with Gasteiger partial charge < -0.3 is 5.73 Å². The summed E-state index contributed by atoms with van der Waals surface area (Å²) in [6.07, 6.45) is 0.964. The van der Waals surface area contributed by atoms with Crippen LogP contribution < -0.4 is 5.73 Å². The maximum Gasteiger partial charge on any atom is 0.124 e. The molecule has 2 nitrogen and oxygen atoms in total. The monoisotopic (exact) mass is 342 g/mol. The van der Waals surface area contributed by atoms with Gasteiger partial charge in [-0.25, -0.2) is 4.98 Å². The molecular weight excluding hydrogens is 332 g/mol. The maximum absolute atomic E-state index is 5.85. The van der Waals surface area contributed by atoms with Gasteiger partial charge in [-0.2, -0.15) is 0 Å². The summed E-state index contributed by atoms with van der Waals surface area (Å²) in [6, 6.07) is 14.2. The van der Waals surface area contributed by atoms with Crippen molar-refractivity contribution >= 4 is 33.0 Å². The number of benzene rings is 2. The molecule has 0 saturated carbocycles. The van der Waals surface area contributed by atoms with Gasteiger partial charge in [0.1, 0.15) is 5.01 Å². The number of fused-ring (bicyclic) bond motifs is 3. The molecule has 4 heteroatoms. The predicted octanol–water partition coefficient (Wildman–Crippen LogP) is 4.73. The molecular formula is C16H11BrN2S. The number of nitrogen functional groups attached to an aromatic ring is 1. The fraction of sp³-hybridized carbons (Fsp3) is 0.0625. The Morgan fingerprint density at radius 3 is 2.85 bits per heavy atom. The van der Waals surface area contributed by atoms with Gasteiger partial charge in [-0.1, -0.05) is 40.2 Å². The standard InChI is InChI=1S/C16H11BrN2S/c17-13-6-2-5-11-12(13)8-14-15(11)19-16(20-14)9-3-1-4-10(18)7-9/h1-7H,8,18H2. The van der Waals surface area contributed by atoms with E-state index in [1.807, 2.05) is 18.2 Å². The molecule has 2 aromatic carbocycles. The number of nitrogens with two attached hydrogens (primary N) is 1. The Balaban J connectivity index is 1.85. The molecule has 20 heavy (non-hydrogen) atoms. The van der Waals surface area contributed by atoms with Gasteiger partial charge in [0.15, 0.2) is 0 Å². The molecule has 1 aromatic heterocycles. The first-order valence-electron chi connectivity index (χ1n) is 6.36. The summed E-state index contributed by atoms with van der Waals surface area (Å²) in [5, 5.41) is 1.05. The number of anilines is 1. The summed E-state index contributed by atoms with van der Waals surface area (Å²) in [4.78, 5) is 6.16. The summed E-state index contributed by atoms with van der Waals surface area (Å²) >= 11 is 5.39. The Labute approximate surface area is 129 Å². The van der Waals surface area contributed by atoms with Crippen molar-refractivity contribution in [1.82, 2.24) is 4.98 Å². The zero-order chi connectivity index (χ0) is 13.7. The summed E-state index contributed by atoms with van der Waals surface area (Å²) in [7, 11) is 0. The Kier molecular flexibility index (Phi) is 2.69. The van der Waals surface area contributed by atoms with Gasteiger partial charge >= 0.3 is 0 Å². The molecule has 2 N–H and O–H groups in total. The minimum absolute atomic E-state index is 0.779. The van der Waals surface area contributed by atoms with Crippen LogP contribution in [-0.2, 0) is 6.42 Å². The molecule has 0 unspecified atom stereocenters. The highest BCUT2D eigenvalue weighted by Gasteiger charge is 2.25. The number of thiazole rings is 1. The quantitative estimate of drug-likeness (QED) is 0.508. The number of nitrogens with zero attached hydrogens (tertiary/aromatic N) is 1. The molecule has 0 spiro atoms. The second-order valence-electron chi connectivity index (χ2n) is 4.86. The van der Waals surface area contributed by atoms with Crippen LogP contribution >= 0.6 is 27.3 Å². The number of halogens is 1. The lowest BCUT2D eigenvalue weighted by Gasteiger charge is -2.02. The van der Waals surface area contributed by atoms with Crippen molar-refractivity contribution < 1.29 is 0 Å². The number of rotatable bonds is 1. The van der Waals surface area contributed by atoms with Gasteiger partial charge in [-0.15, -0.1) is 11.3 Å². The summed E-state index contributed by atoms with van der Waals surface area (Å²) in [5.74, 6) is 0. The summed E-state index contributed by atoms with van der Waals surface area (Å²) in [5.41, 5.74) is 11.5. The minimum Gasteiger partial charge on any atom is -0.399 e. The smallest absolute Gasteiger partial charge is 0.124 e. The molecule has 0 bridgehead atoms. The van der Waals surface area contributed by atoms with Crippen molar-refractivity contribution in [2.24, 2.45) is 0 Å². The van der Waals surface area contributed by atoms with E-state index in [4.69, 9.17) is 10.7 Å². The average Bonchev–Trinajstić information content (AvgIpc) is 2.98. The highest BCUT2D eigenvalue weighted by molar-refractivity contribution is 9.10. The van der Waals surface area contributed by atoms with Crippen LogP contribution in [0.4, 0.5) is 5.69 Å². The molecule has 0 aliphatic heterocycles. The largest absolute Gasteiger partial charge is 0.399 e. The molecule has 1 aliphatic rings. The Morgan fingerprint density at radius 2 is 2.00 bits per heavy atom. The Bertz CT molecular complexity index is 823. The molecule has 0 fully saturated rings.